The van der Waals surface area contributed by atoms with Crippen LogP contribution in [0.4, 0.5) is 5.69 Å². The summed E-state index contributed by atoms with van der Waals surface area (Å²) in [5.41, 5.74) is 0.542. The quantitative estimate of drug-likeness (QED) is 0.560. The van der Waals surface area contributed by atoms with E-state index in [1.165, 1.54) is 33.8 Å². The van der Waals surface area contributed by atoms with Crippen molar-refractivity contribution in [1.29, 1.82) is 0 Å². The van der Waals surface area contributed by atoms with E-state index in [-0.39, 0.29) is 28.9 Å². The second-order valence-electron chi connectivity index (χ2n) is 6.08. The number of rotatable bonds is 7. The van der Waals surface area contributed by atoms with Gasteiger partial charge < -0.3 is 4.90 Å². The van der Waals surface area contributed by atoms with Gasteiger partial charge in [0.1, 0.15) is 5.69 Å². The minimum Gasteiger partial charge on any atom is -0.334 e. The third kappa shape index (κ3) is 4.33. The molecule has 1 aromatic heterocycles. The molecular weight excluding hydrogens is 336 g/mol. The van der Waals surface area contributed by atoms with Crippen molar-refractivity contribution in [3.63, 3.8) is 0 Å². The molecule has 0 bridgehead atoms. The smallest absolute Gasteiger partial charge is 0.274 e. The SMILES string of the molecule is CCCCn1nc(C(=O)N(C)[C@@H](C)c2cccc([N+](=O)[O-])c2)ccc1=O. The number of hydrogen-bond donors (Lipinski definition) is 0. The maximum atomic E-state index is 12.7. The van der Waals surface area contributed by atoms with Gasteiger partial charge in [0.2, 0.25) is 0 Å². The van der Waals surface area contributed by atoms with Crippen LogP contribution in [0.5, 0.6) is 0 Å². The lowest BCUT2D eigenvalue weighted by atomic mass is 10.1. The summed E-state index contributed by atoms with van der Waals surface area (Å²) in [7, 11) is 1.61. The van der Waals surface area contributed by atoms with Gasteiger partial charge in [-0.2, -0.15) is 5.10 Å². The van der Waals surface area contributed by atoms with Crippen molar-refractivity contribution in [2.45, 2.75) is 39.3 Å². The molecule has 0 unspecified atom stereocenters. The number of aromatic nitrogens is 2. The van der Waals surface area contributed by atoms with Crippen molar-refractivity contribution >= 4 is 11.6 Å². The highest BCUT2D eigenvalue weighted by molar-refractivity contribution is 5.92. The Morgan fingerprint density at radius 3 is 2.73 bits per heavy atom. The van der Waals surface area contributed by atoms with Crippen molar-refractivity contribution < 1.29 is 9.72 Å². The van der Waals surface area contributed by atoms with Gasteiger partial charge in [0.25, 0.3) is 17.2 Å². The van der Waals surface area contributed by atoms with E-state index in [4.69, 9.17) is 0 Å². The summed E-state index contributed by atoms with van der Waals surface area (Å²) >= 11 is 0. The second-order valence-corrected chi connectivity index (χ2v) is 6.08. The molecular formula is C18H22N4O4. The fourth-order valence-corrected chi connectivity index (χ4v) is 2.51. The summed E-state index contributed by atoms with van der Waals surface area (Å²) in [5.74, 6) is -0.353. The van der Waals surface area contributed by atoms with Gasteiger partial charge in [-0.3, -0.25) is 19.7 Å². The molecule has 0 aliphatic heterocycles. The Balaban J connectivity index is 2.24. The van der Waals surface area contributed by atoms with E-state index in [0.29, 0.717) is 12.1 Å². The Morgan fingerprint density at radius 2 is 2.08 bits per heavy atom. The van der Waals surface area contributed by atoms with E-state index in [2.05, 4.69) is 5.10 Å². The standard InChI is InChI=1S/C18H22N4O4/c1-4-5-11-21-17(23)10-9-16(19-21)18(24)20(3)13(2)14-7-6-8-15(12-14)22(25)26/h6-10,12-13H,4-5,11H2,1-3H3/t13-/m0/s1. The predicted octanol–water partition coefficient (Wildman–Crippen LogP) is 2.78. The summed E-state index contributed by atoms with van der Waals surface area (Å²) in [4.78, 5) is 36.5. The average molecular weight is 358 g/mol. The van der Waals surface area contributed by atoms with Crippen molar-refractivity contribution in [2.75, 3.05) is 7.05 Å². The largest absolute Gasteiger partial charge is 0.334 e. The van der Waals surface area contributed by atoms with Crippen molar-refractivity contribution in [2.24, 2.45) is 0 Å². The lowest BCUT2D eigenvalue weighted by Crippen LogP contribution is -2.33. The van der Waals surface area contributed by atoms with Crippen LogP contribution in [0.15, 0.2) is 41.2 Å². The van der Waals surface area contributed by atoms with Crippen molar-refractivity contribution in [1.82, 2.24) is 14.7 Å². The monoisotopic (exact) mass is 358 g/mol. The van der Waals surface area contributed by atoms with Crippen LogP contribution >= 0.6 is 0 Å². The summed E-state index contributed by atoms with van der Waals surface area (Å²) in [5, 5.41) is 15.1. The van der Waals surface area contributed by atoms with Crippen LogP contribution in [0.2, 0.25) is 0 Å². The lowest BCUT2D eigenvalue weighted by molar-refractivity contribution is -0.384. The van der Waals surface area contributed by atoms with Crippen LogP contribution in [0.1, 0.15) is 48.8 Å². The number of aryl methyl sites for hydroxylation is 1. The predicted molar refractivity (Wildman–Crippen MR) is 97.0 cm³/mol. The Morgan fingerprint density at radius 1 is 1.35 bits per heavy atom. The first-order valence-corrected chi connectivity index (χ1v) is 8.44. The topological polar surface area (TPSA) is 98.3 Å². The Hall–Kier alpha value is -3.03. The van der Waals surface area contributed by atoms with Crippen LogP contribution in [0.3, 0.4) is 0 Å². The summed E-state index contributed by atoms with van der Waals surface area (Å²) in [6, 6.07) is 8.53. The summed E-state index contributed by atoms with van der Waals surface area (Å²) < 4.78 is 1.29. The van der Waals surface area contributed by atoms with Gasteiger partial charge in [0.05, 0.1) is 11.0 Å². The molecule has 138 valence electrons. The number of nitro groups is 1. The normalized spacial score (nSPS) is 11.8. The fourth-order valence-electron chi connectivity index (χ4n) is 2.51. The molecule has 0 aliphatic rings. The van der Waals surface area contributed by atoms with E-state index >= 15 is 0 Å². The zero-order chi connectivity index (χ0) is 19.3. The molecule has 2 rings (SSSR count). The van der Waals surface area contributed by atoms with Crippen LogP contribution in [0, 0.1) is 10.1 Å². The average Bonchev–Trinajstić information content (AvgIpc) is 2.65. The summed E-state index contributed by atoms with van der Waals surface area (Å²) in [6.07, 6.45) is 1.71. The molecule has 2 aromatic rings. The number of unbranched alkanes of at least 4 members (excludes halogenated alkanes) is 1. The first-order chi connectivity index (χ1) is 12.3. The van der Waals surface area contributed by atoms with Crippen LogP contribution in [-0.4, -0.2) is 32.6 Å². The maximum absolute atomic E-state index is 12.7. The molecule has 0 aliphatic carbocycles. The number of benzene rings is 1. The second kappa shape index (κ2) is 8.37. The Labute approximate surface area is 151 Å². The Bertz CT molecular complexity index is 862. The highest BCUT2D eigenvalue weighted by Gasteiger charge is 2.22. The van der Waals surface area contributed by atoms with E-state index in [1.807, 2.05) is 6.92 Å². The number of carbonyl (C=O) groups excluding carboxylic acids is 1. The highest BCUT2D eigenvalue weighted by atomic mass is 16.6. The minimum atomic E-state index is -0.469. The minimum absolute atomic E-state index is 0.0264. The van der Waals surface area contributed by atoms with E-state index in [0.717, 1.165) is 12.8 Å². The third-order valence-corrected chi connectivity index (χ3v) is 4.27. The lowest BCUT2D eigenvalue weighted by Gasteiger charge is -2.25. The number of carbonyl (C=O) groups is 1. The van der Waals surface area contributed by atoms with Gasteiger partial charge in [0, 0.05) is 31.8 Å². The van der Waals surface area contributed by atoms with Crippen molar-refractivity contribution in [3.8, 4) is 0 Å². The fraction of sp³-hybridized carbons (Fsp3) is 0.389. The molecule has 8 heteroatoms. The molecule has 1 atom stereocenters. The number of nitrogens with zero attached hydrogens (tertiary/aromatic N) is 4. The molecule has 0 N–H and O–H groups in total. The van der Waals surface area contributed by atoms with E-state index < -0.39 is 4.92 Å². The first-order valence-electron chi connectivity index (χ1n) is 8.44. The van der Waals surface area contributed by atoms with Crippen LogP contribution < -0.4 is 5.56 Å². The zero-order valence-electron chi connectivity index (χ0n) is 15.1. The molecule has 0 fully saturated rings. The Kier molecular flexibility index (Phi) is 6.21. The van der Waals surface area contributed by atoms with E-state index in [9.17, 15) is 19.7 Å². The van der Waals surface area contributed by atoms with Gasteiger partial charge in [-0.25, -0.2) is 4.68 Å². The van der Waals surface area contributed by atoms with Gasteiger partial charge in [-0.05, 0) is 25.0 Å². The molecule has 0 saturated heterocycles. The molecule has 1 heterocycles. The highest BCUT2D eigenvalue weighted by Crippen LogP contribution is 2.23. The number of non-ortho nitro benzene ring substituents is 1. The van der Waals surface area contributed by atoms with E-state index in [1.54, 1.807) is 26.1 Å². The van der Waals surface area contributed by atoms with Crippen LogP contribution in [-0.2, 0) is 6.54 Å². The summed E-state index contributed by atoms with van der Waals surface area (Å²) in [6.45, 7) is 4.25. The van der Waals surface area contributed by atoms with Crippen molar-refractivity contribution in [3.05, 3.63) is 68.1 Å². The zero-order valence-corrected chi connectivity index (χ0v) is 15.1. The molecule has 0 spiro atoms. The molecule has 26 heavy (non-hydrogen) atoms. The van der Waals surface area contributed by atoms with Crippen LogP contribution in [0.25, 0.3) is 0 Å². The first kappa shape index (κ1) is 19.3. The van der Waals surface area contributed by atoms with Gasteiger partial charge in [0.15, 0.2) is 0 Å². The number of hydrogen-bond acceptors (Lipinski definition) is 5. The number of amides is 1. The van der Waals surface area contributed by atoms with Gasteiger partial charge in [-0.1, -0.05) is 25.5 Å². The molecule has 1 amide bonds. The molecule has 0 saturated carbocycles. The number of nitro benzene ring substituents is 1. The molecule has 1 aromatic carbocycles. The van der Waals surface area contributed by atoms with Gasteiger partial charge in [-0.15, -0.1) is 0 Å². The third-order valence-electron chi connectivity index (χ3n) is 4.27. The maximum Gasteiger partial charge on any atom is 0.274 e. The van der Waals surface area contributed by atoms with Gasteiger partial charge >= 0.3 is 0 Å². The molecule has 0 radical (unpaired) electrons. The molecule has 8 nitrogen and oxygen atoms in total.